The molecule has 0 amide bonds. The summed E-state index contributed by atoms with van der Waals surface area (Å²) in [5.41, 5.74) is 0. The van der Waals surface area contributed by atoms with Crippen LogP contribution in [0.2, 0.25) is 0 Å². The third-order valence-corrected chi connectivity index (χ3v) is 4.90. The van der Waals surface area contributed by atoms with Gasteiger partial charge in [-0.2, -0.15) is 0 Å². The number of hydrogen-bond donors (Lipinski definition) is 2. The Morgan fingerprint density at radius 2 is 0.952 bits per heavy atom. The number of carbonyl (C=O) groups excluding carboxylic acids is 5. The van der Waals surface area contributed by atoms with Crippen LogP contribution in [0.15, 0.2) is 0 Å². The van der Waals surface area contributed by atoms with Crippen molar-refractivity contribution in [2.45, 2.75) is 110 Å². The SMILES string of the molecule is C.CC1(C)OC(=O)C(Br)O1.CC1(C)OC(=O)C(OC(=O)CCC(=O)OC2OC(C)(C)OC2=O)O1.O=C(O)CCC(=O)O. The summed E-state index contributed by atoms with van der Waals surface area (Å²) in [4.78, 5) is 75.9. The Morgan fingerprint density at radius 1 is 0.643 bits per heavy atom. The maximum atomic E-state index is 11.6. The van der Waals surface area contributed by atoms with Crippen molar-refractivity contribution in [1.82, 2.24) is 0 Å². The first-order valence-electron chi connectivity index (χ1n) is 11.8. The predicted molar refractivity (Wildman–Crippen MR) is 137 cm³/mol. The quantitative estimate of drug-likeness (QED) is 0.212. The summed E-state index contributed by atoms with van der Waals surface area (Å²) in [5, 5.41) is 15.2. The summed E-state index contributed by atoms with van der Waals surface area (Å²) in [6, 6.07) is 0. The molecule has 0 aliphatic carbocycles. The first kappa shape index (κ1) is 38.6. The Hall–Kier alpha value is -3.35. The summed E-state index contributed by atoms with van der Waals surface area (Å²) < 4.78 is 39.1. The fraction of sp³-hybridized carbons (Fsp3) is 0.708. The van der Waals surface area contributed by atoms with Crippen LogP contribution in [0.4, 0.5) is 0 Å². The number of esters is 5. The molecular formula is C24H35BrO17. The monoisotopic (exact) mass is 674 g/mol. The number of carboxylic acids is 2. The average molecular weight is 675 g/mol. The summed E-state index contributed by atoms with van der Waals surface area (Å²) in [7, 11) is 0. The van der Waals surface area contributed by atoms with Crippen molar-refractivity contribution < 1.29 is 81.7 Å². The van der Waals surface area contributed by atoms with Gasteiger partial charge in [-0.05, 0) is 15.9 Å². The molecule has 0 spiro atoms. The molecule has 18 heteroatoms. The fourth-order valence-electron chi connectivity index (χ4n) is 2.77. The molecular weight excluding hydrogens is 640 g/mol. The van der Waals surface area contributed by atoms with E-state index in [9.17, 15) is 33.6 Å². The number of halogens is 1. The lowest BCUT2D eigenvalue weighted by Gasteiger charge is -2.15. The molecule has 0 bridgehead atoms. The highest BCUT2D eigenvalue weighted by Crippen LogP contribution is 2.27. The Labute approximate surface area is 249 Å². The lowest BCUT2D eigenvalue weighted by Crippen LogP contribution is -2.28. The second-order valence-electron chi connectivity index (χ2n) is 9.56. The van der Waals surface area contributed by atoms with Gasteiger partial charge in [0.1, 0.15) is 0 Å². The minimum absolute atomic E-state index is 0. The van der Waals surface area contributed by atoms with E-state index in [1.54, 1.807) is 13.8 Å². The molecule has 3 saturated heterocycles. The summed E-state index contributed by atoms with van der Waals surface area (Å²) in [6.45, 7) is 9.31. The van der Waals surface area contributed by atoms with Gasteiger partial charge in [0.2, 0.25) is 22.4 Å². The molecule has 0 aromatic rings. The number of aliphatic carboxylic acids is 2. The second-order valence-corrected chi connectivity index (χ2v) is 10.4. The fourth-order valence-corrected chi connectivity index (χ4v) is 3.31. The van der Waals surface area contributed by atoms with Gasteiger partial charge < -0.3 is 38.6 Å². The average Bonchev–Trinajstić information content (AvgIpc) is 3.31. The molecule has 3 fully saturated rings. The Kier molecular flexibility index (Phi) is 14.5. The number of carbonyl (C=O) groups is 7. The van der Waals surface area contributed by atoms with E-state index in [0.29, 0.717) is 0 Å². The first-order valence-corrected chi connectivity index (χ1v) is 12.7. The van der Waals surface area contributed by atoms with Gasteiger partial charge in [-0.3, -0.25) is 28.7 Å². The van der Waals surface area contributed by atoms with Gasteiger partial charge in [-0.15, -0.1) is 0 Å². The van der Waals surface area contributed by atoms with E-state index in [2.05, 4.69) is 15.9 Å². The van der Waals surface area contributed by atoms with E-state index < -0.39 is 70.8 Å². The smallest absolute Gasteiger partial charge is 0.379 e. The van der Waals surface area contributed by atoms with Crippen LogP contribution >= 0.6 is 15.9 Å². The van der Waals surface area contributed by atoms with Crippen molar-refractivity contribution in [3.63, 3.8) is 0 Å². The lowest BCUT2D eigenvalue weighted by atomic mass is 10.3. The summed E-state index contributed by atoms with van der Waals surface area (Å²) >= 11 is 2.98. The van der Waals surface area contributed by atoms with Crippen molar-refractivity contribution >= 4 is 57.7 Å². The summed E-state index contributed by atoms with van der Waals surface area (Å²) in [6.07, 6.45) is -4.30. The van der Waals surface area contributed by atoms with Crippen LogP contribution in [0.25, 0.3) is 0 Å². The zero-order valence-electron chi connectivity index (χ0n) is 23.0. The normalized spacial score (nSPS) is 24.2. The van der Waals surface area contributed by atoms with E-state index in [1.807, 2.05) is 0 Å². The minimum atomic E-state index is -1.47. The number of rotatable bonds is 8. The Morgan fingerprint density at radius 3 is 1.14 bits per heavy atom. The maximum Gasteiger partial charge on any atom is 0.379 e. The van der Waals surface area contributed by atoms with Crippen LogP contribution in [0, 0.1) is 0 Å². The van der Waals surface area contributed by atoms with E-state index in [4.69, 9.17) is 48.1 Å². The van der Waals surface area contributed by atoms with Gasteiger partial charge >= 0.3 is 54.4 Å². The van der Waals surface area contributed by atoms with Crippen molar-refractivity contribution in [2.24, 2.45) is 0 Å². The molecule has 3 aliphatic rings. The van der Waals surface area contributed by atoms with Crippen molar-refractivity contribution in [2.75, 3.05) is 0 Å². The number of hydrogen-bond acceptors (Lipinski definition) is 15. The van der Waals surface area contributed by atoms with Crippen LogP contribution in [-0.2, 0) is 71.5 Å². The maximum absolute atomic E-state index is 11.6. The first-order chi connectivity index (χ1) is 18.6. The largest absolute Gasteiger partial charge is 0.481 e. The van der Waals surface area contributed by atoms with Gasteiger partial charge in [-0.1, -0.05) is 7.43 Å². The van der Waals surface area contributed by atoms with E-state index in [-0.39, 0.29) is 39.1 Å². The molecule has 0 aromatic heterocycles. The Balaban J connectivity index is 0.000000766. The van der Waals surface area contributed by atoms with Gasteiger partial charge in [0.25, 0.3) is 0 Å². The molecule has 3 atom stereocenters. The molecule has 3 rings (SSSR count). The molecule has 2 N–H and O–H groups in total. The molecule has 42 heavy (non-hydrogen) atoms. The van der Waals surface area contributed by atoms with Gasteiger partial charge in [0, 0.05) is 41.5 Å². The molecule has 0 saturated carbocycles. The van der Waals surface area contributed by atoms with Gasteiger partial charge in [0.15, 0.2) is 0 Å². The van der Waals surface area contributed by atoms with E-state index >= 15 is 0 Å². The summed E-state index contributed by atoms with van der Waals surface area (Å²) in [5.74, 6) is -9.03. The van der Waals surface area contributed by atoms with E-state index in [0.717, 1.165) is 0 Å². The molecule has 3 unspecified atom stereocenters. The van der Waals surface area contributed by atoms with Crippen molar-refractivity contribution in [1.29, 1.82) is 0 Å². The topological polar surface area (TPSA) is 234 Å². The van der Waals surface area contributed by atoms with Crippen LogP contribution in [0.1, 0.15) is 74.7 Å². The lowest BCUT2D eigenvalue weighted by molar-refractivity contribution is -0.202. The van der Waals surface area contributed by atoms with Crippen molar-refractivity contribution in [3.8, 4) is 0 Å². The second kappa shape index (κ2) is 15.8. The van der Waals surface area contributed by atoms with Crippen LogP contribution in [0.5, 0.6) is 0 Å². The molecule has 0 aromatic carbocycles. The third kappa shape index (κ3) is 14.5. The van der Waals surface area contributed by atoms with Gasteiger partial charge in [-0.25, -0.2) is 14.4 Å². The zero-order chi connectivity index (χ0) is 31.8. The number of alkyl halides is 1. The minimum Gasteiger partial charge on any atom is -0.481 e. The standard InChI is InChI=1S/C14H18O10.C5H7BrO3.C4H6O4.CH4/c1-13(2)21-9(17)11(23-13)19-7(15)5-6-8(16)20-12-10(18)22-14(3,4)24-12;1-5(2)8-3(6)4(7)9-5;5-3(6)1-2-4(7)8;/h11-12H,5-6H2,1-4H3;3H,1-2H3;1-2H2,(H,5,6)(H,7,8);1H4. The van der Waals surface area contributed by atoms with E-state index in [1.165, 1.54) is 27.7 Å². The number of ether oxygens (including phenoxy) is 8. The predicted octanol–water partition coefficient (Wildman–Crippen LogP) is 1.71. The molecule has 0 radical (unpaired) electrons. The van der Waals surface area contributed by atoms with Gasteiger partial charge in [0.05, 0.1) is 25.7 Å². The molecule has 17 nitrogen and oxygen atoms in total. The zero-order valence-corrected chi connectivity index (χ0v) is 24.5. The van der Waals surface area contributed by atoms with Crippen LogP contribution < -0.4 is 0 Å². The number of cyclic esters (lactones) is 3. The number of carboxylic acid groups (broad SMARTS) is 2. The third-order valence-electron chi connectivity index (χ3n) is 4.34. The molecule has 240 valence electrons. The van der Waals surface area contributed by atoms with Crippen molar-refractivity contribution in [3.05, 3.63) is 0 Å². The highest BCUT2D eigenvalue weighted by atomic mass is 79.9. The molecule has 3 aliphatic heterocycles. The van der Waals surface area contributed by atoms with Crippen LogP contribution in [-0.4, -0.2) is 87.0 Å². The van der Waals surface area contributed by atoms with Crippen LogP contribution in [0.3, 0.4) is 0 Å². The highest BCUT2D eigenvalue weighted by molar-refractivity contribution is 9.09. The highest BCUT2D eigenvalue weighted by Gasteiger charge is 2.45. The molecule has 3 heterocycles. The Bertz CT molecular complexity index is 970.